The highest BCUT2D eigenvalue weighted by molar-refractivity contribution is 7.89. The first kappa shape index (κ1) is 18.2. The van der Waals surface area contributed by atoms with Crippen LogP contribution in [-0.2, 0) is 21.2 Å². The van der Waals surface area contributed by atoms with Crippen molar-refractivity contribution in [1.82, 2.24) is 4.72 Å². The second-order valence-electron chi connectivity index (χ2n) is 5.99. The minimum Gasteiger partial charge on any atom is -0.465 e. The molecule has 0 saturated heterocycles. The van der Waals surface area contributed by atoms with Crippen molar-refractivity contribution in [3.8, 4) is 0 Å². The monoisotopic (exact) mass is 373 g/mol. The number of rotatable bonds is 6. The standard InChI is InChI=1S/C19H19NO5S/c1-13(11-16-12-15-5-3-4-6-18(15)25-16)20-26(22,23)17-9-7-14(8-10-17)19(21)24-2/h3-10,12-13,20H,11H2,1-2H3. The fourth-order valence-electron chi connectivity index (χ4n) is 2.70. The number of ether oxygens (including phenoxy) is 1. The van der Waals surface area contributed by atoms with Crippen LogP contribution < -0.4 is 4.72 Å². The third-order valence-electron chi connectivity index (χ3n) is 3.93. The molecule has 0 saturated carbocycles. The molecule has 1 aromatic heterocycles. The van der Waals surface area contributed by atoms with Gasteiger partial charge >= 0.3 is 5.97 Å². The van der Waals surface area contributed by atoms with E-state index >= 15 is 0 Å². The number of carbonyl (C=O) groups excluding carboxylic acids is 1. The lowest BCUT2D eigenvalue weighted by Gasteiger charge is -2.13. The summed E-state index contributed by atoms with van der Waals surface area (Å²) >= 11 is 0. The highest BCUT2D eigenvalue weighted by Crippen LogP contribution is 2.20. The Bertz CT molecular complexity index is 989. The van der Waals surface area contributed by atoms with E-state index < -0.39 is 16.0 Å². The first-order valence-electron chi connectivity index (χ1n) is 8.07. The minimum atomic E-state index is -3.70. The van der Waals surface area contributed by atoms with E-state index in [9.17, 15) is 13.2 Å². The molecule has 7 heteroatoms. The van der Waals surface area contributed by atoms with Crippen LogP contribution in [0.15, 0.2) is 63.9 Å². The molecule has 0 radical (unpaired) electrons. The zero-order valence-electron chi connectivity index (χ0n) is 14.4. The summed E-state index contributed by atoms with van der Waals surface area (Å²) in [6, 6.07) is 14.8. The molecule has 1 unspecified atom stereocenters. The molecular weight excluding hydrogens is 354 g/mol. The van der Waals surface area contributed by atoms with Crippen molar-refractivity contribution in [3.05, 3.63) is 65.9 Å². The molecule has 3 rings (SSSR count). The largest absolute Gasteiger partial charge is 0.465 e. The Kier molecular flexibility index (Phi) is 5.11. The zero-order chi connectivity index (χ0) is 18.7. The van der Waals surface area contributed by atoms with Gasteiger partial charge in [0.1, 0.15) is 11.3 Å². The molecular formula is C19H19NO5S. The van der Waals surface area contributed by atoms with Crippen LogP contribution in [0.5, 0.6) is 0 Å². The lowest BCUT2D eigenvalue weighted by atomic mass is 10.2. The Labute approximate surface area is 151 Å². The molecule has 136 valence electrons. The van der Waals surface area contributed by atoms with Crippen LogP contribution in [0.4, 0.5) is 0 Å². The average molecular weight is 373 g/mol. The minimum absolute atomic E-state index is 0.0848. The Morgan fingerprint density at radius 3 is 2.50 bits per heavy atom. The number of para-hydroxylation sites is 1. The molecule has 0 spiro atoms. The number of methoxy groups -OCH3 is 1. The Balaban J connectivity index is 1.70. The Hall–Kier alpha value is -2.64. The summed E-state index contributed by atoms with van der Waals surface area (Å²) in [6.45, 7) is 1.77. The molecule has 1 heterocycles. The third kappa shape index (κ3) is 3.95. The predicted molar refractivity (Wildman–Crippen MR) is 97.5 cm³/mol. The summed E-state index contributed by atoms with van der Waals surface area (Å²) in [4.78, 5) is 11.5. The van der Waals surface area contributed by atoms with E-state index in [-0.39, 0.29) is 10.9 Å². The van der Waals surface area contributed by atoms with Gasteiger partial charge in [-0.1, -0.05) is 18.2 Å². The van der Waals surface area contributed by atoms with Crippen LogP contribution in [0.3, 0.4) is 0 Å². The number of furan rings is 1. The van der Waals surface area contributed by atoms with E-state index in [4.69, 9.17) is 4.42 Å². The quantitative estimate of drug-likeness (QED) is 0.671. The number of hydrogen-bond donors (Lipinski definition) is 1. The second-order valence-corrected chi connectivity index (χ2v) is 7.71. The van der Waals surface area contributed by atoms with Crippen LogP contribution in [0.25, 0.3) is 11.0 Å². The molecule has 0 amide bonds. The average Bonchev–Trinajstić information content (AvgIpc) is 3.02. The molecule has 26 heavy (non-hydrogen) atoms. The molecule has 0 aliphatic carbocycles. The molecule has 0 fully saturated rings. The van der Waals surface area contributed by atoms with Crippen molar-refractivity contribution in [3.63, 3.8) is 0 Å². The number of esters is 1. The first-order valence-corrected chi connectivity index (χ1v) is 9.55. The molecule has 0 bridgehead atoms. The van der Waals surface area contributed by atoms with Crippen LogP contribution in [-0.4, -0.2) is 27.5 Å². The van der Waals surface area contributed by atoms with E-state index in [0.717, 1.165) is 11.0 Å². The van der Waals surface area contributed by atoms with Crippen molar-refractivity contribution < 1.29 is 22.4 Å². The van der Waals surface area contributed by atoms with Crippen LogP contribution in [0.1, 0.15) is 23.0 Å². The van der Waals surface area contributed by atoms with Gasteiger partial charge in [-0.15, -0.1) is 0 Å². The van der Waals surface area contributed by atoms with Crippen LogP contribution >= 0.6 is 0 Å². The molecule has 0 aliphatic rings. The van der Waals surface area contributed by atoms with Crippen LogP contribution in [0.2, 0.25) is 0 Å². The smallest absolute Gasteiger partial charge is 0.337 e. The highest BCUT2D eigenvalue weighted by atomic mass is 32.2. The molecule has 2 aromatic carbocycles. The second kappa shape index (κ2) is 7.31. The van der Waals surface area contributed by atoms with Crippen molar-refractivity contribution in [2.24, 2.45) is 0 Å². The maximum Gasteiger partial charge on any atom is 0.337 e. The maximum atomic E-state index is 12.5. The molecule has 3 aromatic rings. The first-order chi connectivity index (χ1) is 12.4. The third-order valence-corrected chi connectivity index (χ3v) is 5.53. The number of carbonyl (C=O) groups is 1. The maximum absolute atomic E-state index is 12.5. The van der Waals surface area contributed by atoms with Crippen molar-refractivity contribution in [1.29, 1.82) is 0 Å². The van der Waals surface area contributed by atoms with Gasteiger partial charge in [0.25, 0.3) is 0 Å². The van der Waals surface area contributed by atoms with Gasteiger partial charge in [0, 0.05) is 17.8 Å². The fraction of sp³-hybridized carbons (Fsp3) is 0.211. The summed E-state index contributed by atoms with van der Waals surface area (Å²) in [5.74, 6) is 0.197. The Morgan fingerprint density at radius 1 is 1.15 bits per heavy atom. The number of fused-ring (bicyclic) bond motifs is 1. The summed E-state index contributed by atoms with van der Waals surface area (Å²) in [7, 11) is -2.43. The number of hydrogen-bond acceptors (Lipinski definition) is 5. The normalized spacial score (nSPS) is 12.8. The van der Waals surface area contributed by atoms with Gasteiger partial charge in [-0.05, 0) is 43.3 Å². The van der Waals surface area contributed by atoms with E-state index in [0.29, 0.717) is 17.7 Å². The number of sulfonamides is 1. The highest BCUT2D eigenvalue weighted by Gasteiger charge is 2.19. The van der Waals surface area contributed by atoms with Gasteiger partial charge in [-0.3, -0.25) is 0 Å². The van der Waals surface area contributed by atoms with Gasteiger partial charge in [0.05, 0.1) is 17.6 Å². The van der Waals surface area contributed by atoms with E-state index in [1.165, 1.54) is 31.4 Å². The van der Waals surface area contributed by atoms with Gasteiger partial charge in [0.15, 0.2) is 0 Å². The van der Waals surface area contributed by atoms with E-state index in [1.54, 1.807) is 6.92 Å². The lowest BCUT2D eigenvalue weighted by Crippen LogP contribution is -2.34. The summed E-state index contributed by atoms with van der Waals surface area (Å²) < 4.78 is 37.9. The van der Waals surface area contributed by atoms with Gasteiger partial charge in [0.2, 0.25) is 10.0 Å². The Morgan fingerprint density at radius 2 is 1.85 bits per heavy atom. The molecule has 1 atom stereocenters. The number of benzene rings is 2. The van der Waals surface area contributed by atoms with Gasteiger partial charge in [-0.25, -0.2) is 17.9 Å². The van der Waals surface area contributed by atoms with Crippen LogP contribution in [0, 0.1) is 0 Å². The van der Waals surface area contributed by atoms with Crippen molar-refractivity contribution in [2.45, 2.75) is 24.3 Å². The summed E-state index contributed by atoms with van der Waals surface area (Å²) in [5.41, 5.74) is 1.07. The summed E-state index contributed by atoms with van der Waals surface area (Å²) in [5, 5.41) is 0.982. The number of nitrogens with one attached hydrogen (secondary N) is 1. The molecule has 1 N–H and O–H groups in total. The SMILES string of the molecule is COC(=O)c1ccc(S(=O)(=O)NC(C)Cc2cc3ccccc3o2)cc1. The van der Waals surface area contributed by atoms with E-state index in [1.807, 2.05) is 30.3 Å². The lowest BCUT2D eigenvalue weighted by molar-refractivity contribution is 0.0600. The summed E-state index contributed by atoms with van der Waals surface area (Å²) in [6.07, 6.45) is 0.425. The van der Waals surface area contributed by atoms with E-state index in [2.05, 4.69) is 9.46 Å². The fourth-order valence-corrected chi connectivity index (χ4v) is 3.95. The topological polar surface area (TPSA) is 85.6 Å². The van der Waals surface area contributed by atoms with Gasteiger partial charge in [-0.2, -0.15) is 0 Å². The zero-order valence-corrected chi connectivity index (χ0v) is 15.2. The molecule has 0 aliphatic heterocycles. The van der Waals surface area contributed by atoms with Gasteiger partial charge < -0.3 is 9.15 Å². The van der Waals surface area contributed by atoms with Crippen molar-refractivity contribution >= 4 is 27.0 Å². The molecule has 6 nitrogen and oxygen atoms in total. The predicted octanol–water partition coefficient (Wildman–Crippen LogP) is 3.13. The van der Waals surface area contributed by atoms with Crippen molar-refractivity contribution in [2.75, 3.05) is 7.11 Å².